The van der Waals surface area contributed by atoms with E-state index in [4.69, 9.17) is 5.11 Å². The average Bonchev–Trinajstić information content (AvgIpc) is 2.64. The molecule has 1 heterocycles. The maximum Gasteiger partial charge on any atom is 0.463 e. The van der Waals surface area contributed by atoms with E-state index in [-0.39, 0.29) is 4.88 Å². The molecular formula is C8H4F5NO3S. The summed E-state index contributed by atoms with van der Waals surface area (Å²) in [5, 5.41) is 9.39. The number of hydrogen-bond acceptors (Lipinski definition) is 3. The van der Waals surface area contributed by atoms with Gasteiger partial charge in [-0.15, -0.1) is 11.3 Å². The van der Waals surface area contributed by atoms with Crippen molar-refractivity contribution in [2.45, 2.75) is 12.1 Å². The Morgan fingerprint density at radius 2 is 1.72 bits per heavy atom. The van der Waals surface area contributed by atoms with E-state index < -0.39 is 29.0 Å². The Labute approximate surface area is 100 Å². The van der Waals surface area contributed by atoms with E-state index >= 15 is 0 Å². The van der Waals surface area contributed by atoms with Crippen molar-refractivity contribution in [1.82, 2.24) is 0 Å². The topological polar surface area (TPSA) is 66.4 Å². The maximum absolute atomic E-state index is 12.5. The summed E-state index contributed by atoms with van der Waals surface area (Å²) in [5.41, 5.74) is 0. The second-order valence-electron chi connectivity index (χ2n) is 3.00. The van der Waals surface area contributed by atoms with E-state index in [1.165, 1.54) is 5.32 Å². The van der Waals surface area contributed by atoms with Gasteiger partial charge >= 0.3 is 24.0 Å². The number of carbonyl (C=O) groups excluding carboxylic acids is 1. The fourth-order valence-electron chi connectivity index (χ4n) is 0.839. The van der Waals surface area contributed by atoms with Crippen LogP contribution in [0.5, 0.6) is 0 Å². The summed E-state index contributed by atoms with van der Waals surface area (Å²) >= 11 is 0.364. The summed E-state index contributed by atoms with van der Waals surface area (Å²) in [5.74, 6) is -9.49. The van der Waals surface area contributed by atoms with E-state index in [9.17, 15) is 31.5 Å². The van der Waals surface area contributed by atoms with Crippen LogP contribution in [0.2, 0.25) is 0 Å². The summed E-state index contributed by atoms with van der Waals surface area (Å²) in [6.45, 7) is 0. The lowest BCUT2D eigenvalue weighted by atomic mass is 10.3. The molecule has 10 heteroatoms. The number of rotatable bonds is 3. The third-order valence-corrected chi connectivity index (χ3v) is 2.68. The first kappa shape index (κ1) is 14.4. The van der Waals surface area contributed by atoms with Crippen molar-refractivity contribution >= 4 is 28.2 Å². The fourth-order valence-corrected chi connectivity index (χ4v) is 1.58. The molecule has 0 saturated carbocycles. The second kappa shape index (κ2) is 4.52. The smallest absolute Gasteiger partial charge is 0.463 e. The standard InChI is InChI=1S/C8H4F5NO3S/c9-7(10,8(11,12)13)6(17)14-4-2-1-3(18-4)5(15)16/h1-2H,(H,14,17)(H,15,16). The minimum atomic E-state index is -6.01. The van der Waals surface area contributed by atoms with Crippen molar-refractivity contribution in [3.05, 3.63) is 17.0 Å². The zero-order valence-corrected chi connectivity index (χ0v) is 9.03. The molecule has 2 N–H and O–H groups in total. The minimum Gasteiger partial charge on any atom is -0.477 e. The van der Waals surface area contributed by atoms with Crippen LogP contribution in [0, 0.1) is 0 Å². The fraction of sp³-hybridized carbons (Fsp3) is 0.250. The van der Waals surface area contributed by atoms with Gasteiger partial charge in [0.2, 0.25) is 0 Å². The van der Waals surface area contributed by atoms with Gasteiger partial charge in [-0.3, -0.25) is 4.79 Å². The molecule has 0 aliphatic rings. The molecule has 0 unspecified atom stereocenters. The number of carboxylic acids is 1. The SMILES string of the molecule is O=C(O)c1ccc(NC(=O)C(F)(F)C(F)(F)F)s1. The number of thiophene rings is 1. The van der Waals surface area contributed by atoms with Crippen LogP contribution in [0.4, 0.5) is 27.0 Å². The Kier molecular flexibility index (Phi) is 3.60. The first-order valence-corrected chi connectivity index (χ1v) is 4.96. The Hall–Kier alpha value is -1.71. The highest BCUT2D eigenvalue weighted by Gasteiger charge is 2.63. The Morgan fingerprint density at radius 3 is 2.11 bits per heavy atom. The maximum atomic E-state index is 12.5. The zero-order chi connectivity index (χ0) is 14.1. The highest BCUT2D eigenvalue weighted by molar-refractivity contribution is 7.18. The van der Waals surface area contributed by atoms with Crippen molar-refractivity contribution in [3.63, 3.8) is 0 Å². The number of alkyl halides is 5. The lowest BCUT2D eigenvalue weighted by molar-refractivity contribution is -0.267. The van der Waals surface area contributed by atoms with Gasteiger partial charge in [0.15, 0.2) is 0 Å². The number of nitrogens with one attached hydrogen (secondary N) is 1. The van der Waals surface area contributed by atoms with Crippen LogP contribution in [0.25, 0.3) is 0 Å². The molecule has 0 atom stereocenters. The molecule has 1 amide bonds. The quantitative estimate of drug-likeness (QED) is 0.840. The molecule has 0 fully saturated rings. The van der Waals surface area contributed by atoms with Crippen LogP contribution in [-0.4, -0.2) is 29.1 Å². The molecular weight excluding hydrogens is 285 g/mol. The van der Waals surface area contributed by atoms with Crippen LogP contribution in [0.1, 0.15) is 9.67 Å². The third-order valence-electron chi connectivity index (χ3n) is 1.69. The number of carboxylic acid groups (broad SMARTS) is 1. The van der Waals surface area contributed by atoms with Gasteiger partial charge in [0.1, 0.15) is 4.88 Å². The predicted molar refractivity (Wildman–Crippen MR) is 50.9 cm³/mol. The minimum absolute atomic E-state index is 0.305. The van der Waals surface area contributed by atoms with Crippen LogP contribution in [-0.2, 0) is 4.79 Å². The molecule has 0 spiro atoms. The van der Waals surface area contributed by atoms with Crippen molar-refractivity contribution in [3.8, 4) is 0 Å². The molecule has 0 aromatic carbocycles. The van der Waals surface area contributed by atoms with Crippen LogP contribution >= 0.6 is 11.3 Å². The summed E-state index contributed by atoms with van der Waals surface area (Å²) in [7, 11) is 0. The van der Waals surface area contributed by atoms with Gasteiger partial charge in [0, 0.05) is 0 Å². The molecule has 1 aromatic heterocycles. The summed E-state index contributed by atoms with van der Waals surface area (Å²) < 4.78 is 60.5. The van der Waals surface area contributed by atoms with Crippen LogP contribution in [0.3, 0.4) is 0 Å². The van der Waals surface area contributed by atoms with Gasteiger partial charge in [0.05, 0.1) is 5.00 Å². The Balaban J connectivity index is 2.85. The Bertz CT molecular complexity index is 481. The molecule has 0 radical (unpaired) electrons. The molecule has 0 bridgehead atoms. The Morgan fingerprint density at radius 1 is 1.17 bits per heavy atom. The van der Waals surface area contributed by atoms with Crippen molar-refractivity contribution in [1.29, 1.82) is 0 Å². The third kappa shape index (κ3) is 2.75. The van der Waals surface area contributed by atoms with Gasteiger partial charge in [-0.05, 0) is 12.1 Å². The first-order chi connectivity index (χ1) is 8.05. The lowest BCUT2D eigenvalue weighted by Crippen LogP contribution is -2.47. The molecule has 1 rings (SSSR count). The summed E-state index contributed by atoms with van der Waals surface area (Å²) in [6, 6.07) is 1.88. The van der Waals surface area contributed by atoms with E-state index in [0.29, 0.717) is 11.3 Å². The zero-order valence-electron chi connectivity index (χ0n) is 8.22. The van der Waals surface area contributed by atoms with Crippen molar-refractivity contribution < 1.29 is 36.6 Å². The average molecular weight is 289 g/mol. The molecule has 0 saturated heterocycles. The van der Waals surface area contributed by atoms with E-state index in [1.54, 1.807) is 0 Å². The molecule has 18 heavy (non-hydrogen) atoms. The van der Waals surface area contributed by atoms with Gasteiger partial charge in [0.25, 0.3) is 0 Å². The van der Waals surface area contributed by atoms with Crippen LogP contribution in [0.15, 0.2) is 12.1 Å². The van der Waals surface area contributed by atoms with E-state index in [0.717, 1.165) is 12.1 Å². The van der Waals surface area contributed by atoms with Gasteiger partial charge < -0.3 is 10.4 Å². The molecule has 0 aliphatic heterocycles. The molecule has 100 valence electrons. The predicted octanol–water partition coefficient (Wildman–Crippen LogP) is 2.58. The van der Waals surface area contributed by atoms with Gasteiger partial charge in [-0.25, -0.2) is 4.79 Å². The monoisotopic (exact) mass is 289 g/mol. The summed E-state index contributed by atoms with van der Waals surface area (Å²) in [6.07, 6.45) is -6.01. The van der Waals surface area contributed by atoms with Crippen molar-refractivity contribution in [2.24, 2.45) is 0 Å². The van der Waals surface area contributed by atoms with Crippen molar-refractivity contribution in [2.75, 3.05) is 5.32 Å². The summed E-state index contributed by atoms with van der Waals surface area (Å²) in [4.78, 5) is 20.9. The number of anilines is 1. The molecule has 0 aliphatic carbocycles. The van der Waals surface area contributed by atoms with E-state index in [2.05, 4.69) is 0 Å². The number of carbonyl (C=O) groups is 2. The van der Waals surface area contributed by atoms with E-state index in [1.807, 2.05) is 0 Å². The molecule has 1 aromatic rings. The first-order valence-electron chi connectivity index (χ1n) is 4.15. The second-order valence-corrected chi connectivity index (χ2v) is 4.08. The normalized spacial score (nSPS) is 12.3. The number of aromatic carboxylic acids is 1. The number of hydrogen-bond donors (Lipinski definition) is 2. The number of halogens is 5. The highest BCUT2D eigenvalue weighted by Crippen LogP contribution is 2.36. The molecule has 4 nitrogen and oxygen atoms in total. The van der Waals surface area contributed by atoms with Gasteiger partial charge in [-0.1, -0.05) is 0 Å². The largest absolute Gasteiger partial charge is 0.477 e. The highest BCUT2D eigenvalue weighted by atomic mass is 32.1. The van der Waals surface area contributed by atoms with Crippen LogP contribution < -0.4 is 5.32 Å². The lowest BCUT2D eigenvalue weighted by Gasteiger charge is -2.17. The van der Waals surface area contributed by atoms with Gasteiger partial charge in [-0.2, -0.15) is 22.0 Å². The number of amides is 1.